The van der Waals surface area contributed by atoms with Crippen molar-refractivity contribution in [3.63, 3.8) is 0 Å². The number of hydrogen-bond acceptors (Lipinski definition) is 6. The van der Waals surface area contributed by atoms with E-state index in [1.807, 2.05) is 36.4 Å². The van der Waals surface area contributed by atoms with E-state index in [0.717, 1.165) is 47.1 Å². The van der Waals surface area contributed by atoms with Gasteiger partial charge in [0, 0.05) is 29.6 Å². The Balaban J connectivity index is 0.000000179. The van der Waals surface area contributed by atoms with Gasteiger partial charge in [-0.25, -0.2) is 4.79 Å². The molecular formula is C31H32N2O5. The number of carboxylic acid groups (broad SMARTS) is 1. The predicted molar refractivity (Wildman–Crippen MR) is 148 cm³/mol. The summed E-state index contributed by atoms with van der Waals surface area (Å²) >= 11 is 0. The van der Waals surface area contributed by atoms with Crippen LogP contribution in [0.15, 0.2) is 79.5 Å². The third kappa shape index (κ3) is 4.83. The van der Waals surface area contributed by atoms with Gasteiger partial charge in [-0.2, -0.15) is 0 Å². The lowest BCUT2D eigenvalue weighted by Crippen LogP contribution is -2.54. The topological polar surface area (TPSA) is 103 Å². The number of methoxy groups -OCH3 is 1. The van der Waals surface area contributed by atoms with Gasteiger partial charge in [-0.15, -0.1) is 6.58 Å². The van der Waals surface area contributed by atoms with Gasteiger partial charge in [-0.05, 0) is 72.5 Å². The summed E-state index contributed by atoms with van der Waals surface area (Å²) in [4.78, 5) is 17.6. The smallest absolute Gasteiger partial charge is 0.339 e. The van der Waals surface area contributed by atoms with Crippen LogP contribution in [0.3, 0.4) is 0 Å². The summed E-state index contributed by atoms with van der Waals surface area (Å²) in [7, 11) is 1.66. The molecule has 3 aromatic carbocycles. The molecule has 0 aliphatic carbocycles. The summed E-state index contributed by atoms with van der Waals surface area (Å²) in [5, 5.41) is 31.9. The van der Waals surface area contributed by atoms with Gasteiger partial charge in [-0.3, -0.25) is 9.88 Å². The zero-order chi connectivity index (χ0) is 26.8. The molecular weight excluding hydrogens is 480 g/mol. The van der Waals surface area contributed by atoms with Gasteiger partial charge in [0.2, 0.25) is 0 Å². The number of fused-ring (bicyclic) bond motifs is 5. The van der Waals surface area contributed by atoms with E-state index in [1.165, 1.54) is 12.5 Å². The van der Waals surface area contributed by atoms with E-state index < -0.39 is 12.1 Å². The summed E-state index contributed by atoms with van der Waals surface area (Å²) in [6.45, 7) is 6.07. The first-order chi connectivity index (χ1) is 18.4. The Kier molecular flexibility index (Phi) is 7.31. The van der Waals surface area contributed by atoms with Gasteiger partial charge >= 0.3 is 5.97 Å². The SMILES string of the molecule is C=C[C@@H]1CN2CCC1C[C@@H]2[C@H](O)c1ccnc2ccc(OC)cc12.O=C(O)c1ccc2ccccc2c1O. The third-order valence-corrected chi connectivity index (χ3v) is 7.95. The van der Waals surface area contributed by atoms with Gasteiger partial charge < -0.3 is 20.1 Å². The number of phenols is 1. The molecule has 7 nitrogen and oxygen atoms in total. The van der Waals surface area contributed by atoms with Crippen molar-refractivity contribution >= 4 is 27.6 Å². The maximum atomic E-state index is 11.2. The standard InChI is InChI=1S/C20H24N2O2.C11H8O3/c1-3-13-12-22-9-7-14(13)10-19(22)20(23)16-6-8-21-18-5-4-15(24-2)11-17(16)18;12-10-8-4-2-1-3-7(8)5-6-9(10)11(13)14/h3-6,8,11,13-14,19-20,23H,1,7,9-10,12H2,2H3;1-6,12H,(H,13,14)/t13-,14?,19-,20-;/m1./s1. The van der Waals surface area contributed by atoms with Gasteiger partial charge in [0.05, 0.1) is 18.7 Å². The van der Waals surface area contributed by atoms with Crippen molar-refractivity contribution in [1.29, 1.82) is 0 Å². The number of carbonyl (C=O) groups is 1. The first-order valence-electron chi connectivity index (χ1n) is 12.8. The Morgan fingerprint density at radius 2 is 1.97 bits per heavy atom. The average Bonchev–Trinajstić information content (AvgIpc) is 2.96. The zero-order valence-electron chi connectivity index (χ0n) is 21.3. The highest BCUT2D eigenvalue weighted by atomic mass is 16.5. The molecule has 0 spiro atoms. The molecule has 38 heavy (non-hydrogen) atoms. The average molecular weight is 513 g/mol. The molecule has 4 aromatic rings. The number of aliphatic hydroxyl groups is 1. The van der Waals surface area contributed by atoms with Crippen LogP contribution in [0, 0.1) is 11.8 Å². The highest BCUT2D eigenvalue weighted by Crippen LogP contribution is 2.42. The van der Waals surface area contributed by atoms with E-state index >= 15 is 0 Å². The molecule has 3 fully saturated rings. The van der Waals surface area contributed by atoms with Crippen molar-refractivity contribution in [2.75, 3.05) is 20.2 Å². The van der Waals surface area contributed by atoms with Crippen molar-refractivity contribution in [3.05, 3.63) is 90.6 Å². The summed E-state index contributed by atoms with van der Waals surface area (Å²) in [5.41, 5.74) is 1.78. The van der Waals surface area contributed by atoms with Gasteiger partial charge in [0.25, 0.3) is 0 Å². The van der Waals surface area contributed by atoms with E-state index in [2.05, 4.69) is 22.5 Å². The largest absolute Gasteiger partial charge is 0.506 e. The number of aromatic hydroxyl groups is 1. The van der Waals surface area contributed by atoms with Crippen LogP contribution in [0.2, 0.25) is 0 Å². The molecule has 7 rings (SSSR count). The number of carboxylic acids is 1. The van der Waals surface area contributed by atoms with Crippen LogP contribution in [0.5, 0.6) is 11.5 Å². The second-order valence-electron chi connectivity index (χ2n) is 9.96. The number of nitrogens with zero attached hydrogens (tertiary/aromatic N) is 2. The first kappa shape index (κ1) is 25.7. The Hall–Kier alpha value is -3.94. The number of aromatic carboxylic acids is 1. The van der Waals surface area contributed by atoms with Crippen LogP contribution < -0.4 is 4.74 Å². The van der Waals surface area contributed by atoms with Crippen molar-refractivity contribution < 1.29 is 24.9 Å². The third-order valence-electron chi connectivity index (χ3n) is 7.95. The van der Waals surface area contributed by atoms with E-state index in [1.54, 1.807) is 31.5 Å². The number of benzene rings is 3. The number of hydrogen-bond donors (Lipinski definition) is 3. The summed E-state index contributed by atoms with van der Waals surface area (Å²) < 4.78 is 5.35. The molecule has 4 heterocycles. The van der Waals surface area contributed by atoms with Crippen LogP contribution in [-0.2, 0) is 0 Å². The molecule has 2 bridgehead atoms. The van der Waals surface area contributed by atoms with Crippen LogP contribution in [0.25, 0.3) is 21.7 Å². The maximum Gasteiger partial charge on any atom is 0.339 e. The lowest BCUT2D eigenvalue weighted by molar-refractivity contribution is -0.0444. The minimum Gasteiger partial charge on any atom is -0.506 e. The van der Waals surface area contributed by atoms with Crippen molar-refractivity contribution in [2.24, 2.45) is 11.8 Å². The molecule has 3 N–H and O–H groups in total. The lowest BCUT2D eigenvalue weighted by atomic mass is 9.73. The quantitative estimate of drug-likeness (QED) is 0.307. The zero-order valence-corrected chi connectivity index (χ0v) is 21.3. The number of aromatic nitrogens is 1. The Bertz CT molecular complexity index is 1490. The van der Waals surface area contributed by atoms with E-state index in [4.69, 9.17) is 9.84 Å². The van der Waals surface area contributed by atoms with Gasteiger partial charge in [0.15, 0.2) is 0 Å². The molecule has 3 saturated heterocycles. The molecule has 2 unspecified atom stereocenters. The molecule has 3 aliphatic heterocycles. The molecule has 5 atom stereocenters. The van der Waals surface area contributed by atoms with Crippen LogP contribution >= 0.6 is 0 Å². The van der Waals surface area contributed by atoms with Crippen LogP contribution in [0.1, 0.15) is 34.9 Å². The van der Waals surface area contributed by atoms with Gasteiger partial charge in [-0.1, -0.05) is 36.4 Å². The predicted octanol–water partition coefficient (Wildman–Crippen LogP) is 5.42. The van der Waals surface area contributed by atoms with Crippen LogP contribution in [0.4, 0.5) is 0 Å². The summed E-state index contributed by atoms with van der Waals surface area (Å²) in [6, 6.07) is 18.1. The van der Waals surface area contributed by atoms with Crippen molar-refractivity contribution in [1.82, 2.24) is 9.88 Å². The normalized spacial score (nSPS) is 22.9. The number of ether oxygens (including phenoxy) is 1. The fraction of sp³-hybridized carbons (Fsp3) is 0.290. The number of rotatable bonds is 5. The number of aliphatic hydroxyl groups excluding tert-OH is 1. The van der Waals surface area contributed by atoms with Crippen molar-refractivity contribution in [2.45, 2.75) is 25.0 Å². The fourth-order valence-corrected chi connectivity index (χ4v) is 5.87. The Labute approximate surface area is 221 Å². The van der Waals surface area contributed by atoms with Gasteiger partial charge in [0.1, 0.15) is 17.1 Å². The molecule has 0 saturated carbocycles. The maximum absolute atomic E-state index is 11.2. The van der Waals surface area contributed by atoms with E-state index in [9.17, 15) is 15.0 Å². The van der Waals surface area contributed by atoms with E-state index in [-0.39, 0.29) is 17.4 Å². The number of piperidine rings is 3. The highest BCUT2D eigenvalue weighted by molar-refractivity contribution is 6.00. The Morgan fingerprint density at radius 1 is 1.16 bits per heavy atom. The minimum absolute atomic E-state index is 0.0660. The monoisotopic (exact) mass is 512 g/mol. The van der Waals surface area contributed by atoms with E-state index in [0.29, 0.717) is 17.2 Å². The molecule has 0 amide bonds. The molecule has 196 valence electrons. The van der Waals surface area contributed by atoms with Crippen molar-refractivity contribution in [3.8, 4) is 11.5 Å². The molecule has 0 radical (unpaired) electrons. The minimum atomic E-state index is -1.12. The molecule has 1 aromatic heterocycles. The second-order valence-corrected chi connectivity index (χ2v) is 9.96. The lowest BCUT2D eigenvalue weighted by Gasteiger charge is -2.50. The first-order valence-corrected chi connectivity index (χ1v) is 12.8. The highest BCUT2D eigenvalue weighted by Gasteiger charge is 2.42. The number of pyridine rings is 1. The second kappa shape index (κ2) is 10.8. The molecule has 7 heteroatoms. The molecule has 3 aliphatic rings. The van der Waals surface area contributed by atoms with Crippen LogP contribution in [-0.4, -0.2) is 57.4 Å². The Morgan fingerprint density at radius 3 is 2.68 bits per heavy atom. The fourth-order valence-electron chi connectivity index (χ4n) is 5.87. The summed E-state index contributed by atoms with van der Waals surface area (Å²) in [6.07, 6.45) is 5.62. The summed E-state index contributed by atoms with van der Waals surface area (Å²) in [5.74, 6) is 0.719.